The molecule has 0 spiro atoms. The molecule has 1 aromatic heterocycles. The minimum absolute atomic E-state index is 0.263. The molecule has 4 aromatic rings. The summed E-state index contributed by atoms with van der Waals surface area (Å²) < 4.78 is 32.9. The van der Waals surface area contributed by atoms with Crippen LogP contribution in [0.15, 0.2) is 65.8 Å². The zero-order valence-electron chi connectivity index (χ0n) is 23.7. The Bertz CT molecular complexity index is 1590. The summed E-state index contributed by atoms with van der Waals surface area (Å²) >= 11 is -0.644. The third-order valence-electron chi connectivity index (χ3n) is 8.03. The van der Waals surface area contributed by atoms with Gasteiger partial charge in [-0.3, -0.25) is 15.3 Å². The Balaban J connectivity index is 1.19. The molecule has 1 fully saturated rings. The van der Waals surface area contributed by atoms with Crippen LogP contribution in [0.4, 0.5) is 15.8 Å². The minimum Gasteiger partial charge on any atom is -0.616 e. The molecule has 9 nitrogen and oxygen atoms in total. The van der Waals surface area contributed by atoms with Gasteiger partial charge in [0.25, 0.3) is 0 Å². The molecule has 6 rings (SSSR count). The maximum absolute atomic E-state index is 13.7. The molecule has 2 aliphatic heterocycles. The smallest absolute Gasteiger partial charge is 0.163 e. The number of nitrogens with one attached hydrogen (secondary N) is 2. The van der Waals surface area contributed by atoms with Gasteiger partial charge in [0.15, 0.2) is 5.66 Å². The van der Waals surface area contributed by atoms with Crippen LogP contribution < -0.4 is 21.1 Å². The zero-order chi connectivity index (χ0) is 29.1. The zero-order valence-corrected chi connectivity index (χ0v) is 24.5. The number of nitrogens with two attached hydrogens (primary N) is 1. The van der Waals surface area contributed by atoms with Crippen molar-refractivity contribution in [2.24, 2.45) is 10.7 Å². The van der Waals surface area contributed by atoms with Crippen LogP contribution >= 0.6 is 0 Å². The second-order valence-electron chi connectivity index (χ2n) is 10.8. The number of rotatable bonds is 10. The molecule has 0 saturated carbocycles. The van der Waals surface area contributed by atoms with Gasteiger partial charge >= 0.3 is 0 Å². The van der Waals surface area contributed by atoms with Crippen LogP contribution in [0.3, 0.4) is 0 Å². The van der Waals surface area contributed by atoms with Crippen molar-refractivity contribution in [3.05, 3.63) is 83.3 Å². The molecular formula is C31H36FN7O2S. The molecule has 3 aromatic carbocycles. The van der Waals surface area contributed by atoms with E-state index in [2.05, 4.69) is 20.6 Å². The van der Waals surface area contributed by atoms with E-state index in [1.54, 1.807) is 25.7 Å². The second kappa shape index (κ2) is 12.3. The monoisotopic (exact) mass is 589 g/mol. The number of hydrogen-bond acceptors (Lipinski definition) is 8. The van der Waals surface area contributed by atoms with E-state index >= 15 is 0 Å². The number of methoxy groups -OCH3 is 1. The lowest BCUT2D eigenvalue weighted by atomic mass is 9.89. The molecule has 4 N–H and O–H groups in total. The number of anilines is 2. The number of fused-ring (bicyclic) bond motifs is 2. The first kappa shape index (κ1) is 28.5. The van der Waals surface area contributed by atoms with Gasteiger partial charge < -0.3 is 19.9 Å². The third kappa shape index (κ3) is 5.96. The number of aromatic nitrogens is 2. The predicted molar refractivity (Wildman–Crippen MR) is 167 cm³/mol. The van der Waals surface area contributed by atoms with E-state index in [0.717, 1.165) is 95.2 Å². The first-order chi connectivity index (χ1) is 20.4. The number of nitrogens with zero attached hydrogens (tertiary/aromatic N) is 4. The molecule has 0 amide bonds. The number of hydrogen-bond donors (Lipinski definition) is 3. The molecule has 220 valence electrons. The summed E-state index contributed by atoms with van der Waals surface area (Å²) in [5.74, 6) is 2.03. The first-order valence-corrected chi connectivity index (χ1v) is 15.7. The average molecular weight is 590 g/mol. The van der Waals surface area contributed by atoms with Gasteiger partial charge in [-0.1, -0.05) is 29.4 Å². The van der Waals surface area contributed by atoms with E-state index in [4.69, 9.17) is 15.5 Å². The topological polar surface area (TPSA) is 116 Å². The standard InChI is InChI=1S/C31H36FN7O2S/c1-41-30-18-27-26(17-28(30)34-9-2-3-10-38-11-13-42(40)14-12-38)31(33,36-21-35-27)24-7-8-29-23(16-24)19-37-39(29)20-22-5-4-6-25(32)15-22/h4-8,15-19,21,34H,2-3,9-14,20,33H2,1H3,(H,35,36). The van der Waals surface area contributed by atoms with Crippen molar-refractivity contribution in [2.75, 3.05) is 55.4 Å². The molecule has 1 saturated heterocycles. The molecule has 0 aliphatic carbocycles. The maximum Gasteiger partial charge on any atom is 0.163 e. The van der Waals surface area contributed by atoms with Gasteiger partial charge in [0, 0.05) is 36.7 Å². The van der Waals surface area contributed by atoms with Crippen molar-refractivity contribution in [3.63, 3.8) is 0 Å². The third-order valence-corrected chi connectivity index (χ3v) is 9.30. The number of ether oxygens (including phenoxy) is 1. The van der Waals surface area contributed by atoms with Crippen molar-refractivity contribution in [2.45, 2.75) is 25.0 Å². The largest absolute Gasteiger partial charge is 0.616 e. The highest BCUT2D eigenvalue weighted by atomic mass is 32.2. The van der Waals surface area contributed by atoms with Crippen LogP contribution in [0.2, 0.25) is 0 Å². The summed E-state index contributed by atoms with van der Waals surface area (Å²) in [5.41, 5.74) is 11.1. The summed E-state index contributed by atoms with van der Waals surface area (Å²) in [6, 6.07) is 16.5. The van der Waals surface area contributed by atoms with Gasteiger partial charge in [-0.05, 0) is 60.8 Å². The molecule has 11 heteroatoms. The lowest BCUT2D eigenvalue weighted by Crippen LogP contribution is -2.40. The fourth-order valence-electron chi connectivity index (χ4n) is 5.67. The summed E-state index contributed by atoms with van der Waals surface area (Å²) in [6.07, 6.45) is 5.49. The Kier molecular flexibility index (Phi) is 8.34. The van der Waals surface area contributed by atoms with Crippen LogP contribution in [0, 0.1) is 5.82 Å². The Morgan fingerprint density at radius 3 is 2.81 bits per heavy atom. The molecule has 1 atom stereocenters. The molecule has 42 heavy (non-hydrogen) atoms. The van der Waals surface area contributed by atoms with Gasteiger partial charge in [0.05, 0.1) is 43.1 Å². The van der Waals surface area contributed by atoms with Crippen molar-refractivity contribution in [3.8, 4) is 5.75 Å². The molecule has 0 radical (unpaired) electrons. The Hall–Kier alpha value is -3.64. The summed E-state index contributed by atoms with van der Waals surface area (Å²) in [7, 11) is 1.66. The Morgan fingerprint density at radius 1 is 1.14 bits per heavy atom. The van der Waals surface area contributed by atoms with E-state index in [1.165, 1.54) is 12.1 Å². The number of halogens is 1. The lowest BCUT2D eigenvalue weighted by molar-refractivity contribution is 0.290. The van der Waals surface area contributed by atoms with Crippen molar-refractivity contribution >= 4 is 39.8 Å². The van der Waals surface area contributed by atoms with Gasteiger partial charge in [-0.25, -0.2) is 9.38 Å². The quantitative estimate of drug-likeness (QED) is 0.188. The summed E-state index contributed by atoms with van der Waals surface area (Å²) in [6.45, 7) is 4.12. The van der Waals surface area contributed by atoms with Crippen LogP contribution in [-0.2, 0) is 23.4 Å². The molecular weight excluding hydrogens is 553 g/mol. The molecule has 1 unspecified atom stereocenters. The summed E-state index contributed by atoms with van der Waals surface area (Å²) in [4.78, 5) is 7.10. The van der Waals surface area contributed by atoms with Gasteiger partial charge in [0.2, 0.25) is 0 Å². The summed E-state index contributed by atoms with van der Waals surface area (Å²) in [5, 5.41) is 12.2. The molecule has 3 heterocycles. The molecule has 0 bridgehead atoms. The van der Waals surface area contributed by atoms with Crippen LogP contribution in [0.1, 0.15) is 29.5 Å². The highest BCUT2D eigenvalue weighted by molar-refractivity contribution is 7.91. The van der Waals surface area contributed by atoms with E-state index in [1.807, 2.05) is 41.1 Å². The van der Waals surface area contributed by atoms with Crippen molar-refractivity contribution in [1.82, 2.24) is 14.7 Å². The highest BCUT2D eigenvalue weighted by Gasteiger charge is 2.35. The molecule has 2 aliphatic rings. The van der Waals surface area contributed by atoms with E-state index in [0.29, 0.717) is 6.54 Å². The van der Waals surface area contributed by atoms with Gasteiger partial charge in [-0.15, -0.1) is 0 Å². The Labute approximate surface area is 248 Å². The van der Waals surface area contributed by atoms with E-state index in [-0.39, 0.29) is 5.82 Å². The van der Waals surface area contributed by atoms with Crippen molar-refractivity contribution < 1.29 is 13.7 Å². The number of aliphatic imine (C=N–C) groups is 1. The highest BCUT2D eigenvalue weighted by Crippen LogP contribution is 2.42. The first-order valence-electron chi connectivity index (χ1n) is 14.3. The van der Waals surface area contributed by atoms with Crippen LogP contribution in [0.5, 0.6) is 5.75 Å². The Morgan fingerprint density at radius 2 is 2.00 bits per heavy atom. The minimum atomic E-state index is -1.11. The van der Waals surface area contributed by atoms with Crippen LogP contribution in [0.25, 0.3) is 10.9 Å². The second-order valence-corrected chi connectivity index (χ2v) is 12.5. The van der Waals surface area contributed by atoms with Gasteiger partial charge in [-0.2, -0.15) is 5.10 Å². The fourth-order valence-corrected chi connectivity index (χ4v) is 6.79. The van der Waals surface area contributed by atoms with E-state index in [9.17, 15) is 8.94 Å². The van der Waals surface area contributed by atoms with Crippen LogP contribution in [-0.4, -0.2) is 70.4 Å². The van der Waals surface area contributed by atoms with E-state index < -0.39 is 16.8 Å². The normalized spacial score (nSPS) is 19.0. The SMILES string of the molecule is COc1cc2c(cc1NCCCCN1CC[S+]([O-])CC1)C(N)(c1ccc3c(cnn3Cc3cccc(F)c3)c1)N=CN2. The average Bonchev–Trinajstić information content (AvgIpc) is 3.39. The van der Waals surface area contributed by atoms with Crippen molar-refractivity contribution in [1.29, 1.82) is 0 Å². The van der Waals surface area contributed by atoms with Gasteiger partial charge in [0.1, 0.15) is 23.1 Å². The number of unbranched alkanes of at least 4 members (excludes halogenated alkanes) is 1. The lowest BCUT2D eigenvalue weighted by Gasteiger charge is -2.32. The fraction of sp³-hybridized carbons (Fsp3) is 0.355. The maximum atomic E-state index is 13.7. The number of benzene rings is 3. The predicted octanol–water partition coefficient (Wildman–Crippen LogP) is 4.10.